The molecule has 0 amide bonds. The van der Waals surface area contributed by atoms with Gasteiger partial charge in [0.2, 0.25) is 0 Å². The number of aromatic nitrogens is 1. The van der Waals surface area contributed by atoms with Crippen LogP contribution in [0.15, 0.2) is 52.5 Å². The van der Waals surface area contributed by atoms with E-state index in [9.17, 15) is 4.39 Å². The van der Waals surface area contributed by atoms with Gasteiger partial charge in [-0.15, -0.1) is 11.8 Å². The predicted octanol–water partition coefficient (Wildman–Crippen LogP) is 3.68. The van der Waals surface area contributed by atoms with Crippen LogP contribution in [-0.2, 0) is 11.3 Å². The summed E-state index contributed by atoms with van der Waals surface area (Å²) in [6, 6.07) is 10.8. The molecule has 1 aliphatic rings. The molecule has 0 bridgehead atoms. The number of morpholine rings is 1. The Labute approximate surface area is 188 Å². The second kappa shape index (κ2) is 12.5. The standard InChI is InChI=1S/C23H32FN5OS/c1-3-25-23(26-11-4-14-31-21-8-6-20(24)7-9-21)28-16-19-5-10-22(27-15-19)29-12-13-30-18(2)17-29/h5-10,15,18H,3-4,11-14,16-17H2,1-2H3,(H2,25,26,28). The first-order valence-corrected chi connectivity index (χ1v) is 11.8. The van der Waals surface area contributed by atoms with E-state index in [1.807, 2.05) is 18.3 Å². The number of benzene rings is 1. The van der Waals surface area contributed by atoms with Crippen molar-refractivity contribution in [1.82, 2.24) is 15.6 Å². The van der Waals surface area contributed by atoms with Crippen LogP contribution in [0.4, 0.5) is 10.2 Å². The zero-order chi connectivity index (χ0) is 21.9. The fourth-order valence-electron chi connectivity index (χ4n) is 3.24. The van der Waals surface area contributed by atoms with Gasteiger partial charge in [-0.2, -0.15) is 0 Å². The number of hydrogen-bond acceptors (Lipinski definition) is 5. The lowest BCUT2D eigenvalue weighted by Gasteiger charge is -2.32. The Bertz CT molecular complexity index is 816. The van der Waals surface area contributed by atoms with Gasteiger partial charge in [-0.25, -0.2) is 14.4 Å². The first-order chi connectivity index (χ1) is 15.1. The number of nitrogens with one attached hydrogen (secondary N) is 2. The van der Waals surface area contributed by atoms with Crippen molar-refractivity contribution >= 4 is 23.5 Å². The molecule has 1 fully saturated rings. The first kappa shape index (κ1) is 23.3. The number of aliphatic imine (C=N–C) groups is 1. The van der Waals surface area contributed by atoms with Crippen molar-refractivity contribution in [2.45, 2.75) is 37.8 Å². The second-order valence-electron chi connectivity index (χ2n) is 7.43. The van der Waals surface area contributed by atoms with Gasteiger partial charge in [0.1, 0.15) is 11.6 Å². The second-order valence-corrected chi connectivity index (χ2v) is 8.60. The SMILES string of the molecule is CCNC(=NCc1ccc(N2CCOC(C)C2)nc1)NCCCSc1ccc(F)cc1. The minimum atomic E-state index is -0.196. The highest BCUT2D eigenvalue weighted by Gasteiger charge is 2.17. The van der Waals surface area contributed by atoms with Gasteiger partial charge < -0.3 is 20.3 Å². The molecule has 0 saturated carbocycles. The molecule has 1 aromatic heterocycles. The van der Waals surface area contributed by atoms with Gasteiger partial charge in [-0.05, 0) is 61.9 Å². The van der Waals surface area contributed by atoms with E-state index in [0.717, 1.165) is 67.2 Å². The number of pyridine rings is 1. The summed E-state index contributed by atoms with van der Waals surface area (Å²) in [4.78, 5) is 12.6. The van der Waals surface area contributed by atoms with E-state index in [-0.39, 0.29) is 11.9 Å². The molecule has 6 nitrogen and oxygen atoms in total. The monoisotopic (exact) mass is 445 g/mol. The van der Waals surface area contributed by atoms with E-state index in [1.165, 1.54) is 12.1 Å². The van der Waals surface area contributed by atoms with Crippen molar-refractivity contribution in [2.24, 2.45) is 4.99 Å². The number of thioether (sulfide) groups is 1. The van der Waals surface area contributed by atoms with Crippen LogP contribution in [0.1, 0.15) is 25.8 Å². The van der Waals surface area contributed by atoms with Gasteiger partial charge in [0.15, 0.2) is 5.96 Å². The van der Waals surface area contributed by atoms with Crippen LogP contribution < -0.4 is 15.5 Å². The summed E-state index contributed by atoms with van der Waals surface area (Å²) in [7, 11) is 0. The van der Waals surface area contributed by atoms with Crippen molar-refractivity contribution in [3.05, 3.63) is 54.0 Å². The molecule has 1 aromatic carbocycles. The van der Waals surface area contributed by atoms with Gasteiger partial charge >= 0.3 is 0 Å². The molecule has 0 radical (unpaired) electrons. The Balaban J connectivity index is 1.42. The highest BCUT2D eigenvalue weighted by atomic mass is 32.2. The summed E-state index contributed by atoms with van der Waals surface area (Å²) in [5.41, 5.74) is 1.08. The number of anilines is 1. The van der Waals surface area contributed by atoms with Gasteiger partial charge in [0.05, 0.1) is 19.3 Å². The molecule has 168 valence electrons. The lowest BCUT2D eigenvalue weighted by atomic mass is 10.2. The van der Waals surface area contributed by atoms with E-state index in [0.29, 0.717) is 6.54 Å². The number of guanidine groups is 1. The molecular formula is C23H32FN5OS. The van der Waals surface area contributed by atoms with Crippen molar-refractivity contribution < 1.29 is 9.13 Å². The Morgan fingerprint density at radius 1 is 1.26 bits per heavy atom. The molecule has 3 rings (SSSR count). The lowest BCUT2D eigenvalue weighted by molar-refractivity contribution is 0.0529. The van der Waals surface area contributed by atoms with Gasteiger partial charge in [-0.1, -0.05) is 6.07 Å². The van der Waals surface area contributed by atoms with Gasteiger partial charge in [0, 0.05) is 37.3 Å². The highest BCUT2D eigenvalue weighted by molar-refractivity contribution is 7.99. The molecule has 1 unspecified atom stereocenters. The summed E-state index contributed by atoms with van der Waals surface area (Å²) in [6.07, 6.45) is 3.13. The van der Waals surface area contributed by atoms with Crippen LogP contribution in [-0.4, -0.2) is 55.6 Å². The third-order valence-corrected chi connectivity index (χ3v) is 5.93. The Morgan fingerprint density at radius 2 is 2.10 bits per heavy atom. The summed E-state index contributed by atoms with van der Waals surface area (Å²) in [6.45, 7) is 8.85. The molecule has 8 heteroatoms. The molecule has 31 heavy (non-hydrogen) atoms. The molecule has 1 aliphatic heterocycles. The van der Waals surface area contributed by atoms with E-state index in [2.05, 4.69) is 51.5 Å². The van der Waals surface area contributed by atoms with Crippen LogP contribution in [0.25, 0.3) is 0 Å². The quantitative estimate of drug-likeness (QED) is 0.266. The first-order valence-electron chi connectivity index (χ1n) is 10.9. The fraction of sp³-hybridized carbons (Fsp3) is 0.478. The van der Waals surface area contributed by atoms with E-state index in [4.69, 9.17) is 4.74 Å². The fourth-order valence-corrected chi connectivity index (χ4v) is 4.09. The molecule has 0 aliphatic carbocycles. The number of halogens is 1. The molecule has 1 saturated heterocycles. The van der Waals surface area contributed by atoms with Gasteiger partial charge in [-0.3, -0.25) is 0 Å². The zero-order valence-electron chi connectivity index (χ0n) is 18.3. The smallest absolute Gasteiger partial charge is 0.191 e. The molecule has 1 atom stereocenters. The van der Waals surface area contributed by atoms with E-state index in [1.54, 1.807) is 11.8 Å². The van der Waals surface area contributed by atoms with Crippen molar-refractivity contribution in [1.29, 1.82) is 0 Å². The third kappa shape index (κ3) is 8.03. The Morgan fingerprint density at radius 3 is 2.81 bits per heavy atom. The number of rotatable bonds is 9. The maximum Gasteiger partial charge on any atom is 0.191 e. The summed E-state index contributed by atoms with van der Waals surface area (Å²) in [5, 5.41) is 6.66. The molecular weight excluding hydrogens is 413 g/mol. The topological polar surface area (TPSA) is 61.8 Å². The van der Waals surface area contributed by atoms with Crippen molar-refractivity contribution in [2.75, 3.05) is 43.4 Å². The zero-order valence-corrected chi connectivity index (χ0v) is 19.1. The predicted molar refractivity (Wildman–Crippen MR) is 126 cm³/mol. The van der Waals surface area contributed by atoms with Crippen molar-refractivity contribution in [3.8, 4) is 0 Å². The van der Waals surface area contributed by atoms with E-state index >= 15 is 0 Å². The highest BCUT2D eigenvalue weighted by Crippen LogP contribution is 2.18. The molecule has 2 heterocycles. The van der Waals surface area contributed by atoms with Crippen LogP contribution in [0, 0.1) is 5.82 Å². The van der Waals surface area contributed by atoms with Crippen LogP contribution in [0.3, 0.4) is 0 Å². The maximum absolute atomic E-state index is 13.0. The number of ether oxygens (including phenoxy) is 1. The van der Waals surface area contributed by atoms with Crippen LogP contribution >= 0.6 is 11.8 Å². The normalized spacial score (nSPS) is 16.9. The van der Waals surface area contributed by atoms with Crippen molar-refractivity contribution in [3.63, 3.8) is 0 Å². The summed E-state index contributed by atoms with van der Waals surface area (Å²) >= 11 is 1.73. The summed E-state index contributed by atoms with van der Waals surface area (Å²) in [5.74, 6) is 2.56. The summed E-state index contributed by atoms with van der Waals surface area (Å²) < 4.78 is 18.6. The molecule has 0 spiro atoms. The number of nitrogens with zero attached hydrogens (tertiary/aromatic N) is 3. The van der Waals surface area contributed by atoms with Crippen LogP contribution in [0.2, 0.25) is 0 Å². The van der Waals surface area contributed by atoms with Crippen LogP contribution in [0.5, 0.6) is 0 Å². The Hall–Kier alpha value is -2.32. The molecule has 2 N–H and O–H groups in total. The minimum Gasteiger partial charge on any atom is -0.375 e. The number of hydrogen-bond donors (Lipinski definition) is 2. The van der Waals surface area contributed by atoms with Gasteiger partial charge in [0.25, 0.3) is 0 Å². The third-order valence-electron chi connectivity index (χ3n) is 4.83. The largest absolute Gasteiger partial charge is 0.375 e. The average Bonchev–Trinajstić information content (AvgIpc) is 2.79. The van der Waals surface area contributed by atoms with E-state index < -0.39 is 0 Å². The minimum absolute atomic E-state index is 0.196. The molecule has 2 aromatic rings. The Kier molecular flexibility index (Phi) is 9.42. The maximum atomic E-state index is 13.0. The lowest BCUT2D eigenvalue weighted by Crippen LogP contribution is -2.41. The average molecular weight is 446 g/mol.